The van der Waals surface area contributed by atoms with Crippen LogP contribution in [0, 0.1) is 3.70 Å². The van der Waals surface area contributed by atoms with E-state index in [1.165, 1.54) is 6.07 Å². The fourth-order valence-corrected chi connectivity index (χ4v) is 1.66. The normalized spacial score (nSPS) is 10.5. The molecule has 0 spiro atoms. The van der Waals surface area contributed by atoms with Gasteiger partial charge in [-0.1, -0.05) is 11.6 Å². The second-order valence-electron chi connectivity index (χ2n) is 2.03. The van der Waals surface area contributed by atoms with Crippen molar-refractivity contribution in [1.82, 2.24) is 4.98 Å². The zero-order valence-electron chi connectivity index (χ0n) is 6.10. The number of nitrogen functional groups attached to an aromatic ring is 1. The van der Waals surface area contributed by atoms with Crippen molar-refractivity contribution in [3.8, 4) is 5.75 Å². The number of hydrogen-bond acceptors (Lipinski definition) is 3. The van der Waals surface area contributed by atoms with Gasteiger partial charge in [0.15, 0.2) is 10.9 Å². The molecule has 0 atom stereocenters. The molecule has 7 heteroatoms. The van der Waals surface area contributed by atoms with Crippen LogP contribution in [0.1, 0.15) is 0 Å². The van der Waals surface area contributed by atoms with Gasteiger partial charge >= 0.3 is 6.61 Å². The molecule has 0 aliphatic rings. The summed E-state index contributed by atoms with van der Waals surface area (Å²) in [6, 6.07) is 1.39. The summed E-state index contributed by atoms with van der Waals surface area (Å²) in [5, 5.41) is -0.162. The molecule has 0 fully saturated rings. The Hall–Kier alpha value is -0.370. The van der Waals surface area contributed by atoms with Crippen LogP contribution >= 0.6 is 34.2 Å². The molecule has 0 aliphatic carbocycles. The fourth-order valence-electron chi connectivity index (χ4n) is 0.696. The van der Waals surface area contributed by atoms with Crippen LogP contribution in [-0.2, 0) is 0 Å². The molecule has 0 saturated heterocycles. The Morgan fingerprint density at radius 2 is 2.23 bits per heavy atom. The van der Waals surface area contributed by atoms with Crippen LogP contribution < -0.4 is 10.5 Å². The maximum absolute atomic E-state index is 11.8. The number of aromatic nitrogens is 1. The molecule has 13 heavy (non-hydrogen) atoms. The van der Waals surface area contributed by atoms with E-state index in [-0.39, 0.29) is 16.6 Å². The molecule has 3 nitrogen and oxygen atoms in total. The van der Waals surface area contributed by atoms with Crippen molar-refractivity contribution in [3.63, 3.8) is 0 Å². The average molecular weight is 320 g/mol. The van der Waals surface area contributed by atoms with Crippen molar-refractivity contribution in [2.24, 2.45) is 0 Å². The number of nitrogens with zero attached hydrogens (tertiary/aromatic N) is 1. The van der Waals surface area contributed by atoms with E-state index in [9.17, 15) is 8.78 Å². The lowest BCUT2D eigenvalue weighted by Crippen LogP contribution is -2.06. The summed E-state index contributed by atoms with van der Waals surface area (Å²) >= 11 is 7.39. The molecule has 1 heterocycles. The van der Waals surface area contributed by atoms with E-state index in [1.807, 2.05) is 22.6 Å². The third kappa shape index (κ3) is 2.80. The van der Waals surface area contributed by atoms with Crippen molar-refractivity contribution in [3.05, 3.63) is 14.9 Å². The summed E-state index contributed by atoms with van der Waals surface area (Å²) in [7, 11) is 0. The summed E-state index contributed by atoms with van der Waals surface area (Å²) in [5.41, 5.74) is 5.43. The van der Waals surface area contributed by atoms with Gasteiger partial charge in [0.05, 0.1) is 5.69 Å². The average Bonchev–Trinajstić information content (AvgIpc) is 1.96. The molecular formula is C6H4ClF2IN2O. The van der Waals surface area contributed by atoms with Crippen LogP contribution in [0.3, 0.4) is 0 Å². The van der Waals surface area contributed by atoms with Gasteiger partial charge in [-0.2, -0.15) is 8.78 Å². The minimum Gasteiger partial charge on any atom is -0.429 e. The van der Waals surface area contributed by atoms with E-state index in [4.69, 9.17) is 17.3 Å². The van der Waals surface area contributed by atoms with E-state index >= 15 is 0 Å². The molecule has 1 aromatic rings. The number of hydrogen-bond donors (Lipinski definition) is 1. The minimum absolute atomic E-state index is 0.0460. The number of anilines is 1. The van der Waals surface area contributed by atoms with Crippen LogP contribution in [0.5, 0.6) is 5.75 Å². The first-order chi connectivity index (χ1) is 6.00. The molecule has 0 saturated carbocycles. The molecule has 0 radical (unpaired) electrons. The summed E-state index contributed by atoms with van der Waals surface area (Å²) < 4.78 is 28.2. The Kier molecular flexibility index (Phi) is 3.48. The van der Waals surface area contributed by atoms with E-state index in [0.717, 1.165) is 0 Å². The van der Waals surface area contributed by atoms with Gasteiger partial charge in [0.1, 0.15) is 3.70 Å². The monoisotopic (exact) mass is 320 g/mol. The molecular weight excluding hydrogens is 316 g/mol. The highest BCUT2D eigenvalue weighted by atomic mass is 127. The zero-order chi connectivity index (χ0) is 10.0. The van der Waals surface area contributed by atoms with Gasteiger partial charge in [-0.25, -0.2) is 4.98 Å². The predicted octanol–water partition coefficient (Wildman–Crippen LogP) is 2.52. The number of rotatable bonds is 2. The molecule has 2 N–H and O–H groups in total. The number of pyridine rings is 1. The molecule has 72 valence electrons. The first kappa shape index (κ1) is 10.7. The lowest BCUT2D eigenvalue weighted by molar-refractivity contribution is -0.0495. The van der Waals surface area contributed by atoms with Crippen molar-refractivity contribution in [2.75, 3.05) is 5.73 Å². The van der Waals surface area contributed by atoms with Crippen LogP contribution in [-0.4, -0.2) is 11.6 Å². The van der Waals surface area contributed by atoms with Crippen molar-refractivity contribution < 1.29 is 13.5 Å². The lowest BCUT2D eigenvalue weighted by Gasteiger charge is -2.08. The molecule has 0 aromatic carbocycles. The van der Waals surface area contributed by atoms with Crippen LogP contribution in [0.2, 0.25) is 5.15 Å². The number of alkyl halides is 2. The summed E-state index contributed by atoms with van der Waals surface area (Å²) in [5.74, 6) is -0.280. The fraction of sp³-hybridized carbons (Fsp3) is 0.167. The highest BCUT2D eigenvalue weighted by Crippen LogP contribution is 2.31. The van der Waals surface area contributed by atoms with Gasteiger partial charge in [0, 0.05) is 0 Å². The van der Waals surface area contributed by atoms with Gasteiger partial charge in [0.2, 0.25) is 0 Å². The second-order valence-corrected chi connectivity index (χ2v) is 3.50. The van der Waals surface area contributed by atoms with Crippen molar-refractivity contribution in [1.29, 1.82) is 0 Å². The Balaban J connectivity index is 3.06. The first-order valence-corrected chi connectivity index (χ1v) is 4.52. The Morgan fingerprint density at radius 3 is 2.69 bits per heavy atom. The van der Waals surface area contributed by atoms with E-state index in [2.05, 4.69) is 9.72 Å². The van der Waals surface area contributed by atoms with E-state index in [1.54, 1.807) is 0 Å². The molecule has 0 amide bonds. The first-order valence-electron chi connectivity index (χ1n) is 3.07. The minimum atomic E-state index is -2.96. The largest absolute Gasteiger partial charge is 0.429 e. The van der Waals surface area contributed by atoms with Crippen LogP contribution in [0.4, 0.5) is 14.5 Å². The van der Waals surface area contributed by atoms with Gasteiger partial charge in [-0.3, -0.25) is 0 Å². The van der Waals surface area contributed by atoms with Gasteiger partial charge < -0.3 is 10.5 Å². The summed E-state index contributed by atoms with van der Waals surface area (Å²) in [4.78, 5) is 3.70. The molecule has 1 rings (SSSR count). The third-order valence-electron chi connectivity index (χ3n) is 1.14. The second kappa shape index (κ2) is 4.23. The summed E-state index contributed by atoms with van der Waals surface area (Å²) in [6.07, 6.45) is 0. The SMILES string of the molecule is Nc1cc(I)nc(Cl)c1OC(F)F. The summed E-state index contributed by atoms with van der Waals surface area (Å²) in [6.45, 7) is -2.96. The maximum Gasteiger partial charge on any atom is 0.387 e. The standard InChI is InChI=1S/C6H4ClF2IN2O/c7-5-4(13-6(8)9)2(11)1-3(10)12-5/h1,6H,(H2,11,12). The van der Waals surface area contributed by atoms with Gasteiger partial charge in [0.25, 0.3) is 0 Å². The molecule has 0 aliphatic heterocycles. The van der Waals surface area contributed by atoms with Crippen LogP contribution in [0.15, 0.2) is 6.07 Å². The highest BCUT2D eigenvalue weighted by Gasteiger charge is 2.13. The van der Waals surface area contributed by atoms with Crippen molar-refractivity contribution in [2.45, 2.75) is 6.61 Å². The van der Waals surface area contributed by atoms with E-state index < -0.39 is 6.61 Å². The topological polar surface area (TPSA) is 48.1 Å². The Labute approximate surface area is 91.4 Å². The Morgan fingerprint density at radius 1 is 1.62 bits per heavy atom. The smallest absolute Gasteiger partial charge is 0.387 e. The van der Waals surface area contributed by atoms with Gasteiger partial charge in [-0.15, -0.1) is 0 Å². The number of ether oxygens (including phenoxy) is 1. The molecule has 1 aromatic heterocycles. The number of nitrogens with two attached hydrogens (primary N) is 1. The Bertz CT molecular complexity index is 300. The third-order valence-corrected chi connectivity index (χ3v) is 1.94. The van der Waals surface area contributed by atoms with Crippen LogP contribution in [0.25, 0.3) is 0 Å². The molecule has 0 bridgehead atoms. The lowest BCUT2D eigenvalue weighted by atomic mass is 10.4. The van der Waals surface area contributed by atoms with E-state index in [0.29, 0.717) is 3.70 Å². The molecule has 0 unspecified atom stereocenters. The quantitative estimate of drug-likeness (QED) is 0.673. The van der Waals surface area contributed by atoms with Gasteiger partial charge in [-0.05, 0) is 28.7 Å². The zero-order valence-corrected chi connectivity index (χ0v) is 9.01. The predicted molar refractivity (Wildman–Crippen MR) is 53.0 cm³/mol. The highest BCUT2D eigenvalue weighted by molar-refractivity contribution is 14.1. The maximum atomic E-state index is 11.8. The number of halogens is 4. The van der Waals surface area contributed by atoms with Crippen molar-refractivity contribution >= 4 is 39.9 Å².